The first-order chi connectivity index (χ1) is 7.58. The highest BCUT2D eigenvalue weighted by molar-refractivity contribution is 5.95. The molecule has 16 heavy (non-hydrogen) atoms. The van der Waals surface area contributed by atoms with Gasteiger partial charge >= 0.3 is 0 Å². The van der Waals surface area contributed by atoms with Crippen LogP contribution in [0.4, 0.5) is 0 Å². The number of ketones is 1. The van der Waals surface area contributed by atoms with Gasteiger partial charge in [-0.25, -0.2) is 0 Å². The molecule has 0 aromatic heterocycles. The molecule has 0 unspecified atom stereocenters. The molecule has 0 bridgehead atoms. The smallest absolute Gasteiger partial charge is 0.287 e. The van der Waals surface area contributed by atoms with E-state index in [2.05, 4.69) is 0 Å². The van der Waals surface area contributed by atoms with Crippen molar-refractivity contribution in [1.29, 1.82) is 0 Å². The molecule has 1 aromatic rings. The van der Waals surface area contributed by atoms with Gasteiger partial charge in [-0.1, -0.05) is 0 Å². The summed E-state index contributed by atoms with van der Waals surface area (Å²) >= 11 is 0. The van der Waals surface area contributed by atoms with Crippen LogP contribution in [0.5, 0.6) is 11.5 Å². The second-order valence-electron chi connectivity index (χ2n) is 3.28. The monoisotopic (exact) mass is 219 g/mol. The summed E-state index contributed by atoms with van der Waals surface area (Å²) in [6.07, 6.45) is 1.12. The number of Topliss-reactive ketones (excluding diaryl/α,β-unsaturated/α-hetero) is 1. The molecule has 0 saturated carbocycles. The largest absolute Gasteiger partial charge is 0.457 e. The van der Waals surface area contributed by atoms with Crippen LogP contribution in [-0.4, -0.2) is 11.7 Å². The van der Waals surface area contributed by atoms with E-state index < -0.39 is 5.91 Å². The van der Waals surface area contributed by atoms with Crippen LogP contribution in [-0.2, 0) is 4.79 Å². The Hall–Kier alpha value is -2.30. The van der Waals surface area contributed by atoms with Gasteiger partial charge in [-0.3, -0.25) is 9.59 Å². The Balaban J connectivity index is 2.34. The third-order valence-electron chi connectivity index (χ3n) is 2.11. The minimum atomic E-state index is -0.707. The Kier molecular flexibility index (Phi) is 2.36. The van der Waals surface area contributed by atoms with E-state index in [4.69, 9.17) is 15.2 Å². The van der Waals surface area contributed by atoms with E-state index in [-0.39, 0.29) is 11.5 Å². The molecule has 0 radical (unpaired) electrons. The molecule has 5 heteroatoms. The van der Waals surface area contributed by atoms with Crippen molar-refractivity contribution in [3.05, 3.63) is 35.8 Å². The van der Waals surface area contributed by atoms with E-state index in [0.717, 1.165) is 6.26 Å². The minimum absolute atomic E-state index is 0.0666. The summed E-state index contributed by atoms with van der Waals surface area (Å²) in [5, 5.41) is 0. The third-order valence-corrected chi connectivity index (χ3v) is 2.11. The molecule has 5 nitrogen and oxygen atoms in total. The van der Waals surface area contributed by atoms with Crippen molar-refractivity contribution >= 4 is 11.7 Å². The summed E-state index contributed by atoms with van der Waals surface area (Å²) in [5.74, 6) is -0.0977. The average molecular weight is 219 g/mol. The number of hydrogen-bond donors (Lipinski definition) is 1. The molecule has 0 spiro atoms. The SMILES string of the molecule is CC(=O)c1ccc2c(c1)OC=C(C(N)=O)O2. The first-order valence-electron chi connectivity index (χ1n) is 4.57. The summed E-state index contributed by atoms with van der Waals surface area (Å²) in [7, 11) is 0. The van der Waals surface area contributed by atoms with Crippen LogP contribution in [0.2, 0.25) is 0 Å². The molecular weight excluding hydrogens is 210 g/mol. The summed E-state index contributed by atoms with van der Waals surface area (Å²) in [4.78, 5) is 22.0. The highest BCUT2D eigenvalue weighted by Gasteiger charge is 2.18. The summed E-state index contributed by atoms with van der Waals surface area (Å²) in [6.45, 7) is 1.45. The van der Waals surface area contributed by atoms with E-state index in [1.807, 2.05) is 0 Å². The second kappa shape index (κ2) is 3.69. The first-order valence-corrected chi connectivity index (χ1v) is 4.57. The number of carbonyl (C=O) groups excluding carboxylic acids is 2. The van der Waals surface area contributed by atoms with Gasteiger partial charge in [0.1, 0.15) is 6.26 Å². The van der Waals surface area contributed by atoms with Crippen molar-refractivity contribution in [2.24, 2.45) is 5.73 Å². The standard InChI is InChI=1S/C11H9NO4/c1-6(13)7-2-3-8-9(4-7)15-5-10(16-8)11(12)14/h2-5H,1H3,(H2,12,14). The Morgan fingerprint density at radius 1 is 1.25 bits per heavy atom. The Labute approximate surface area is 91.5 Å². The van der Waals surface area contributed by atoms with Gasteiger partial charge in [-0.2, -0.15) is 0 Å². The maximum atomic E-state index is 11.1. The molecule has 1 aromatic carbocycles. The molecular formula is C11H9NO4. The van der Waals surface area contributed by atoms with E-state index >= 15 is 0 Å². The van der Waals surface area contributed by atoms with Gasteiger partial charge < -0.3 is 15.2 Å². The molecule has 0 saturated heterocycles. The van der Waals surface area contributed by atoms with E-state index in [9.17, 15) is 9.59 Å². The highest BCUT2D eigenvalue weighted by atomic mass is 16.6. The predicted molar refractivity (Wildman–Crippen MR) is 55.0 cm³/mol. The Bertz CT molecular complexity index is 505. The number of carbonyl (C=O) groups is 2. The third kappa shape index (κ3) is 1.75. The van der Waals surface area contributed by atoms with Gasteiger partial charge in [0, 0.05) is 5.56 Å². The quantitative estimate of drug-likeness (QED) is 0.752. The predicted octanol–water partition coefficient (Wildman–Crippen LogP) is 0.987. The number of fused-ring (bicyclic) bond motifs is 1. The zero-order valence-corrected chi connectivity index (χ0v) is 8.52. The molecule has 1 heterocycles. The highest BCUT2D eigenvalue weighted by Crippen LogP contribution is 2.33. The Morgan fingerprint density at radius 3 is 2.62 bits per heavy atom. The van der Waals surface area contributed by atoms with E-state index in [1.165, 1.54) is 6.92 Å². The molecule has 1 amide bonds. The maximum absolute atomic E-state index is 11.1. The summed E-state index contributed by atoms with van der Waals surface area (Å²) in [6, 6.07) is 4.70. The lowest BCUT2D eigenvalue weighted by Gasteiger charge is -2.16. The Morgan fingerprint density at radius 2 is 2.00 bits per heavy atom. The maximum Gasteiger partial charge on any atom is 0.287 e. The molecule has 2 rings (SSSR count). The molecule has 82 valence electrons. The van der Waals surface area contributed by atoms with Gasteiger partial charge in [0.05, 0.1) is 0 Å². The van der Waals surface area contributed by atoms with Crippen molar-refractivity contribution < 1.29 is 19.1 Å². The van der Waals surface area contributed by atoms with Crippen LogP contribution in [0.3, 0.4) is 0 Å². The fraction of sp³-hybridized carbons (Fsp3) is 0.0909. The number of ether oxygens (including phenoxy) is 2. The minimum Gasteiger partial charge on any atom is -0.457 e. The molecule has 0 aliphatic carbocycles. The van der Waals surface area contributed by atoms with Crippen LogP contribution < -0.4 is 15.2 Å². The second-order valence-corrected chi connectivity index (χ2v) is 3.28. The van der Waals surface area contributed by atoms with Crippen molar-refractivity contribution in [2.45, 2.75) is 6.92 Å². The number of hydrogen-bond acceptors (Lipinski definition) is 4. The number of primary amides is 1. The van der Waals surface area contributed by atoms with Gasteiger partial charge in [-0.15, -0.1) is 0 Å². The first kappa shape index (κ1) is 10.2. The molecule has 1 aliphatic rings. The van der Waals surface area contributed by atoms with Gasteiger partial charge in [0.2, 0.25) is 5.76 Å². The fourth-order valence-electron chi connectivity index (χ4n) is 1.27. The fourth-order valence-corrected chi connectivity index (χ4v) is 1.27. The van der Waals surface area contributed by atoms with Crippen molar-refractivity contribution in [2.75, 3.05) is 0 Å². The van der Waals surface area contributed by atoms with Gasteiger partial charge in [-0.05, 0) is 25.1 Å². The lowest BCUT2D eigenvalue weighted by atomic mass is 10.1. The molecule has 1 aliphatic heterocycles. The number of amides is 1. The lowest BCUT2D eigenvalue weighted by Crippen LogP contribution is -2.21. The number of benzene rings is 1. The molecule has 2 N–H and O–H groups in total. The summed E-state index contributed by atoms with van der Waals surface area (Å²) in [5.41, 5.74) is 5.55. The summed E-state index contributed by atoms with van der Waals surface area (Å²) < 4.78 is 10.3. The van der Waals surface area contributed by atoms with Crippen molar-refractivity contribution in [1.82, 2.24) is 0 Å². The van der Waals surface area contributed by atoms with Crippen LogP contribution in [0.1, 0.15) is 17.3 Å². The molecule has 0 fully saturated rings. The van der Waals surface area contributed by atoms with Crippen LogP contribution >= 0.6 is 0 Å². The zero-order valence-electron chi connectivity index (χ0n) is 8.52. The van der Waals surface area contributed by atoms with E-state index in [0.29, 0.717) is 17.1 Å². The lowest BCUT2D eigenvalue weighted by molar-refractivity contribution is -0.116. The topological polar surface area (TPSA) is 78.6 Å². The zero-order chi connectivity index (χ0) is 11.7. The number of nitrogens with two attached hydrogens (primary N) is 1. The van der Waals surface area contributed by atoms with E-state index in [1.54, 1.807) is 18.2 Å². The van der Waals surface area contributed by atoms with Crippen molar-refractivity contribution in [3.63, 3.8) is 0 Å². The van der Waals surface area contributed by atoms with Gasteiger partial charge in [0.15, 0.2) is 17.3 Å². The normalized spacial score (nSPS) is 12.9. The van der Waals surface area contributed by atoms with Crippen LogP contribution in [0.25, 0.3) is 0 Å². The number of rotatable bonds is 2. The van der Waals surface area contributed by atoms with Crippen molar-refractivity contribution in [3.8, 4) is 11.5 Å². The van der Waals surface area contributed by atoms with Crippen LogP contribution in [0.15, 0.2) is 30.2 Å². The van der Waals surface area contributed by atoms with Gasteiger partial charge in [0.25, 0.3) is 5.91 Å². The van der Waals surface area contributed by atoms with Crippen LogP contribution in [0, 0.1) is 0 Å². The molecule has 0 atom stereocenters. The average Bonchev–Trinajstić information content (AvgIpc) is 2.27.